The van der Waals surface area contributed by atoms with Gasteiger partial charge in [-0.05, 0) is 67.6 Å². The third-order valence-corrected chi connectivity index (χ3v) is 3.71. The predicted molar refractivity (Wildman–Crippen MR) is 88.4 cm³/mol. The van der Waals surface area contributed by atoms with E-state index in [1.807, 2.05) is 12.1 Å². The molecule has 0 fully saturated rings. The number of carboxylic acid groups (broad SMARTS) is 1. The fourth-order valence-corrected chi connectivity index (χ4v) is 2.39. The number of nitrogens with zero attached hydrogens (tertiary/aromatic N) is 1. The maximum Gasteiger partial charge on any atom is 0.321 e. The molecule has 0 aliphatic carbocycles. The van der Waals surface area contributed by atoms with E-state index in [0.717, 1.165) is 24.8 Å². The van der Waals surface area contributed by atoms with E-state index in [0.29, 0.717) is 13.0 Å². The summed E-state index contributed by atoms with van der Waals surface area (Å²) in [6.45, 7) is 0.667. The first-order valence-electron chi connectivity index (χ1n) is 7.78. The van der Waals surface area contributed by atoms with Crippen molar-refractivity contribution in [3.63, 3.8) is 0 Å². The van der Waals surface area contributed by atoms with Crippen molar-refractivity contribution in [2.24, 2.45) is 0 Å². The Kier molecular flexibility index (Phi) is 6.56. The van der Waals surface area contributed by atoms with Crippen molar-refractivity contribution in [3.05, 3.63) is 59.9 Å². The number of aryl methyl sites for hydroxylation is 1. The molecule has 3 N–H and O–H groups in total. The number of pyridine rings is 1. The molecule has 1 unspecified atom stereocenters. The van der Waals surface area contributed by atoms with Gasteiger partial charge in [0.25, 0.3) is 0 Å². The quantitative estimate of drug-likeness (QED) is 0.619. The highest BCUT2D eigenvalue weighted by molar-refractivity contribution is 5.73. The maximum absolute atomic E-state index is 11.3. The number of aromatic nitrogens is 1. The van der Waals surface area contributed by atoms with E-state index in [1.165, 1.54) is 5.56 Å². The largest absolute Gasteiger partial charge is 0.508 e. The number of nitrogens with one attached hydrogen (secondary N) is 1. The summed E-state index contributed by atoms with van der Waals surface area (Å²) in [6.07, 6.45) is 6.86. The summed E-state index contributed by atoms with van der Waals surface area (Å²) in [4.78, 5) is 15.3. The van der Waals surface area contributed by atoms with Crippen molar-refractivity contribution < 1.29 is 15.0 Å². The Bertz CT molecular complexity index is 599. The van der Waals surface area contributed by atoms with Crippen LogP contribution >= 0.6 is 0 Å². The van der Waals surface area contributed by atoms with Gasteiger partial charge in [0, 0.05) is 12.4 Å². The van der Waals surface area contributed by atoms with Crippen molar-refractivity contribution in [2.45, 2.75) is 31.7 Å². The third kappa shape index (κ3) is 6.08. The average molecular weight is 314 g/mol. The SMILES string of the molecule is O=C(O)C(Cc1ccc(O)cc1)NCCCCc1ccncc1. The van der Waals surface area contributed by atoms with Gasteiger partial charge >= 0.3 is 5.97 Å². The normalized spacial score (nSPS) is 12.0. The minimum atomic E-state index is -0.854. The number of benzene rings is 1. The Hall–Kier alpha value is -2.40. The van der Waals surface area contributed by atoms with Crippen molar-refractivity contribution in [3.8, 4) is 5.75 Å². The number of carbonyl (C=O) groups is 1. The zero-order valence-electron chi connectivity index (χ0n) is 13.0. The van der Waals surface area contributed by atoms with Crippen molar-refractivity contribution in [1.29, 1.82) is 0 Å². The second-order valence-electron chi connectivity index (χ2n) is 5.53. The van der Waals surface area contributed by atoms with Crippen molar-refractivity contribution >= 4 is 5.97 Å². The van der Waals surface area contributed by atoms with E-state index in [2.05, 4.69) is 10.3 Å². The standard InChI is InChI=1S/C18H22N2O3/c21-16-6-4-15(5-7-16)13-17(18(22)23)20-10-2-1-3-14-8-11-19-12-9-14/h4-9,11-12,17,20-21H,1-3,10,13H2,(H,22,23). The van der Waals surface area contributed by atoms with Crippen molar-refractivity contribution in [2.75, 3.05) is 6.54 Å². The summed E-state index contributed by atoms with van der Waals surface area (Å²) in [5.74, 6) is -0.670. The van der Waals surface area contributed by atoms with Gasteiger partial charge in [-0.3, -0.25) is 9.78 Å². The van der Waals surface area contributed by atoms with E-state index >= 15 is 0 Å². The van der Waals surface area contributed by atoms with Crippen LogP contribution in [0.3, 0.4) is 0 Å². The first kappa shape index (κ1) is 17.0. The van der Waals surface area contributed by atoms with Gasteiger partial charge in [-0.15, -0.1) is 0 Å². The lowest BCUT2D eigenvalue weighted by atomic mass is 10.1. The zero-order chi connectivity index (χ0) is 16.5. The van der Waals surface area contributed by atoms with Gasteiger partial charge in [0.2, 0.25) is 0 Å². The molecular weight excluding hydrogens is 292 g/mol. The number of hydrogen-bond acceptors (Lipinski definition) is 4. The van der Waals surface area contributed by atoms with Crippen LogP contribution in [0.2, 0.25) is 0 Å². The van der Waals surface area contributed by atoms with Crippen LogP contribution in [0.5, 0.6) is 5.75 Å². The van der Waals surface area contributed by atoms with Gasteiger partial charge in [0.05, 0.1) is 0 Å². The Balaban J connectivity index is 1.72. The van der Waals surface area contributed by atoms with Crippen LogP contribution in [0.15, 0.2) is 48.8 Å². The number of phenols is 1. The van der Waals surface area contributed by atoms with Crippen LogP contribution in [-0.2, 0) is 17.6 Å². The molecule has 0 bridgehead atoms. The number of rotatable bonds is 9. The van der Waals surface area contributed by atoms with Crippen LogP contribution in [0.1, 0.15) is 24.0 Å². The van der Waals surface area contributed by atoms with Crippen LogP contribution in [0, 0.1) is 0 Å². The molecule has 5 heteroatoms. The number of aliphatic carboxylic acids is 1. The number of phenolic OH excluding ortho intramolecular Hbond substituents is 1. The van der Waals surface area contributed by atoms with Crippen LogP contribution in [0.25, 0.3) is 0 Å². The Morgan fingerprint density at radius 1 is 1.04 bits per heavy atom. The molecule has 2 aromatic rings. The topological polar surface area (TPSA) is 82.5 Å². The number of aromatic hydroxyl groups is 1. The molecule has 1 heterocycles. The molecule has 2 rings (SSSR count). The van der Waals surface area contributed by atoms with Gasteiger partial charge in [0.1, 0.15) is 11.8 Å². The summed E-state index contributed by atoms with van der Waals surface area (Å²) in [5, 5.41) is 21.7. The van der Waals surface area contributed by atoms with Crippen molar-refractivity contribution in [1.82, 2.24) is 10.3 Å². The summed E-state index contributed by atoms with van der Waals surface area (Å²) in [7, 11) is 0. The molecule has 0 saturated carbocycles. The second kappa shape index (κ2) is 8.90. The molecular formula is C18H22N2O3. The zero-order valence-corrected chi connectivity index (χ0v) is 13.0. The summed E-state index contributed by atoms with van der Waals surface area (Å²) >= 11 is 0. The molecule has 0 aliphatic heterocycles. The fraction of sp³-hybridized carbons (Fsp3) is 0.333. The number of carboxylic acids is 1. The van der Waals surface area contributed by atoms with E-state index in [1.54, 1.807) is 36.7 Å². The molecule has 122 valence electrons. The Morgan fingerprint density at radius 2 is 1.74 bits per heavy atom. The highest BCUT2D eigenvalue weighted by atomic mass is 16.4. The van der Waals surface area contributed by atoms with E-state index < -0.39 is 12.0 Å². The third-order valence-electron chi connectivity index (χ3n) is 3.71. The molecule has 0 radical (unpaired) electrons. The molecule has 0 aliphatic rings. The first-order valence-corrected chi connectivity index (χ1v) is 7.78. The maximum atomic E-state index is 11.3. The minimum absolute atomic E-state index is 0.185. The summed E-state index contributed by atoms with van der Waals surface area (Å²) in [5.41, 5.74) is 2.14. The minimum Gasteiger partial charge on any atom is -0.508 e. The van der Waals surface area contributed by atoms with Crippen LogP contribution in [0.4, 0.5) is 0 Å². The Morgan fingerprint density at radius 3 is 2.39 bits per heavy atom. The first-order chi connectivity index (χ1) is 11.1. The second-order valence-corrected chi connectivity index (χ2v) is 5.53. The van der Waals surface area contributed by atoms with Gasteiger partial charge in [0.15, 0.2) is 0 Å². The highest BCUT2D eigenvalue weighted by Gasteiger charge is 2.16. The number of hydrogen-bond donors (Lipinski definition) is 3. The number of unbranched alkanes of at least 4 members (excludes halogenated alkanes) is 1. The lowest BCUT2D eigenvalue weighted by Crippen LogP contribution is -2.39. The van der Waals surface area contributed by atoms with Gasteiger partial charge in [-0.2, -0.15) is 0 Å². The molecule has 0 amide bonds. The fourth-order valence-electron chi connectivity index (χ4n) is 2.39. The lowest BCUT2D eigenvalue weighted by molar-refractivity contribution is -0.139. The van der Waals surface area contributed by atoms with E-state index in [-0.39, 0.29) is 5.75 Å². The van der Waals surface area contributed by atoms with Crippen LogP contribution in [-0.4, -0.2) is 33.8 Å². The molecule has 23 heavy (non-hydrogen) atoms. The van der Waals surface area contributed by atoms with E-state index in [4.69, 9.17) is 0 Å². The van der Waals surface area contributed by atoms with Gasteiger partial charge in [-0.1, -0.05) is 12.1 Å². The highest BCUT2D eigenvalue weighted by Crippen LogP contribution is 2.11. The smallest absolute Gasteiger partial charge is 0.321 e. The molecule has 1 aromatic carbocycles. The molecule has 5 nitrogen and oxygen atoms in total. The van der Waals surface area contributed by atoms with Crippen LogP contribution < -0.4 is 5.32 Å². The lowest BCUT2D eigenvalue weighted by Gasteiger charge is -2.14. The van der Waals surface area contributed by atoms with Gasteiger partial charge < -0.3 is 15.5 Å². The molecule has 0 saturated heterocycles. The Labute approximate surface area is 136 Å². The molecule has 1 aromatic heterocycles. The summed E-state index contributed by atoms with van der Waals surface area (Å²) < 4.78 is 0. The predicted octanol–water partition coefficient (Wildman–Crippen LogP) is 2.40. The van der Waals surface area contributed by atoms with E-state index in [9.17, 15) is 15.0 Å². The molecule has 1 atom stereocenters. The summed E-state index contributed by atoms with van der Waals surface area (Å²) in [6, 6.07) is 10.0. The average Bonchev–Trinajstić information content (AvgIpc) is 2.56. The molecule has 0 spiro atoms. The monoisotopic (exact) mass is 314 g/mol. The van der Waals surface area contributed by atoms with Gasteiger partial charge in [-0.25, -0.2) is 0 Å².